The lowest BCUT2D eigenvalue weighted by molar-refractivity contribution is 0.215. The Morgan fingerprint density at radius 1 is 0.860 bits per heavy atom. The number of nitrogens with one attached hydrogen (secondary N) is 1. The van der Waals surface area contributed by atoms with E-state index in [0.29, 0.717) is 47.3 Å². The highest BCUT2D eigenvalue weighted by Crippen LogP contribution is 2.59. The molecule has 8 nitrogen and oxygen atoms in total. The van der Waals surface area contributed by atoms with Crippen LogP contribution in [0.25, 0.3) is 11.1 Å². The Kier molecular flexibility index (Phi) is 6.00. The second-order valence-corrected chi connectivity index (χ2v) is 11.9. The molecule has 0 spiro atoms. The van der Waals surface area contributed by atoms with E-state index in [2.05, 4.69) is 47.6 Å². The molecule has 3 N–H and O–H groups in total. The Morgan fingerprint density at radius 2 is 1.63 bits per heavy atom. The van der Waals surface area contributed by atoms with Crippen LogP contribution in [0.15, 0.2) is 48.5 Å². The summed E-state index contributed by atoms with van der Waals surface area (Å²) in [6.45, 7) is 1.62. The van der Waals surface area contributed by atoms with Crippen LogP contribution in [0.4, 0.5) is 0 Å². The van der Waals surface area contributed by atoms with Gasteiger partial charge in [0.05, 0.1) is 14.2 Å². The Labute approximate surface area is 250 Å². The van der Waals surface area contributed by atoms with Crippen LogP contribution in [0.5, 0.6) is 46.0 Å². The van der Waals surface area contributed by atoms with Crippen molar-refractivity contribution in [3.8, 4) is 57.1 Å². The molecule has 0 saturated carbocycles. The first-order valence-corrected chi connectivity index (χ1v) is 14.8. The molecule has 8 rings (SSSR count). The fourth-order valence-corrected chi connectivity index (χ4v) is 7.36. The van der Waals surface area contributed by atoms with E-state index in [4.69, 9.17) is 18.9 Å². The summed E-state index contributed by atoms with van der Waals surface area (Å²) in [5.41, 5.74) is 8.03. The minimum Gasteiger partial charge on any atom is -0.507 e. The molecule has 4 aliphatic heterocycles. The maximum Gasteiger partial charge on any atom is 0.215 e. The first-order chi connectivity index (χ1) is 20.9. The molecule has 2 atom stereocenters. The van der Waals surface area contributed by atoms with Gasteiger partial charge in [0.25, 0.3) is 0 Å². The molecule has 0 unspecified atom stereocenters. The third-order valence-corrected chi connectivity index (χ3v) is 9.54. The number of aromatic hydroxyl groups is 2. The van der Waals surface area contributed by atoms with Crippen LogP contribution >= 0.6 is 0 Å². The summed E-state index contributed by atoms with van der Waals surface area (Å²) in [7, 11) is 5.36. The van der Waals surface area contributed by atoms with Gasteiger partial charge in [0.15, 0.2) is 23.0 Å². The van der Waals surface area contributed by atoms with Crippen molar-refractivity contribution in [3.05, 3.63) is 81.9 Å². The quantitative estimate of drug-likeness (QED) is 0.228. The number of nitrogens with zero attached hydrogens (tertiary/aromatic N) is 1. The van der Waals surface area contributed by atoms with E-state index in [1.807, 2.05) is 12.1 Å². The van der Waals surface area contributed by atoms with Crippen LogP contribution in [0.2, 0.25) is 0 Å². The van der Waals surface area contributed by atoms with Crippen LogP contribution in [0.3, 0.4) is 0 Å². The summed E-state index contributed by atoms with van der Waals surface area (Å²) in [6.07, 6.45) is 2.95. The number of benzene rings is 4. The summed E-state index contributed by atoms with van der Waals surface area (Å²) in [6, 6.07) is 16.1. The standard InChI is InChI=1S/C35H34N2O6/c1-37-11-9-21-31-26(37)15-19-5-7-28(40-2)24(13-19)23-12-18(4-6-27(23)38)14-25-22-17-30-29(16-20(22)8-10-36-25)43-35(34(31)42-30)32(39)33(21)41-3/h4-7,12-13,16-17,25-26,36,38-39H,8-11,14-15H2,1-3H3/t25-,26+/m0/s1. The maximum atomic E-state index is 11.4. The third-order valence-electron chi connectivity index (χ3n) is 9.54. The van der Waals surface area contributed by atoms with E-state index < -0.39 is 0 Å². The fourth-order valence-electron chi connectivity index (χ4n) is 7.36. The number of methoxy groups -OCH3 is 2. The van der Waals surface area contributed by atoms with Gasteiger partial charge in [0.1, 0.15) is 11.5 Å². The van der Waals surface area contributed by atoms with Crippen molar-refractivity contribution in [2.24, 2.45) is 0 Å². The summed E-state index contributed by atoms with van der Waals surface area (Å²) in [5, 5.41) is 26.2. The average Bonchev–Trinajstić information content (AvgIpc) is 3.01. The molecule has 0 aromatic heterocycles. The molecule has 4 aromatic carbocycles. The molecule has 0 amide bonds. The number of hydrogen-bond donors (Lipinski definition) is 3. The number of ether oxygens (including phenoxy) is 4. The minimum absolute atomic E-state index is 0.0300. The van der Waals surface area contributed by atoms with Crippen molar-refractivity contribution in [2.45, 2.75) is 37.8 Å². The first kappa shape index (κ1) is 26.2. The second-order valence-electron chi connectivity index (χ2n) is 11.9. The molecule has 43 heavy (non-hydrogen) atoms. The molecule has 7 bridgehead atoms. The number of phenolic OH excluding ortho intramolecular Hbond substituents is 2. The van der Waals surface area contributed by atoms with Gasteiger partial charge in [-0.05, 0) is 97.9 Å². The SMILES string of the molecule is COc1ccc2cc1-c1cc(ccc1O)C[C@@H]1NCCc3cc4c(cc31)Oc1c(c(O)c(OC)c3c1[C@@H](C2)N(C)CC3)O4. The lowest BCUT2D eigenvalue weighted by Gasteiger charge is -2.38. The van der Waals surface area contributed by atoms with Gasteiger partial charge in [0.2, 0.25) is 11.5 Å². The molecule has 8 heteroatoms. The number of phenols is 2. The highest BCUT2D eigenvalue weighted by molar-refractivity contribution is 5.77. The van der Waals surface area contributed by atoms with Gasteiger partial charge in [-0.3, -0.25) is 4.90 Å². The van der Waals surface area contributed by atoms with Gasteiger partial charge in [-0.25, -0.2) is 0 Å². The van der Waals surface area contributed by atoms with E-state index in [9.17, 15) is 10.2 Å². The van der Waals surface area contributed by atoms with Crippen molar-refractivity contribution in [1.82, 2.24) is 10.2 Å². The van der Waals surface area contributed by atoms with Gasteiger partial charge < -0.3 is 34.5 Å². The number of hydrogen-bond acceptors (Lipinski definition) is 8. The molecule has 4 aliphatic rings. The van der Waals surface area contributed by atoms with Gasteiger partial charge in [0, 0.05) is 40.9 Å². The van der Waals surface area contributed by atoms with E-state index in [-0.39, 0.29) is 23.6 Å². The van der Waals surface area contributed by atoms with E-state index in [1.54, 1.807) is 20.3 Å². The third kappa shape index (κ3) is 4.04. The largest absolute Gasteiger partial charge is 0.507 e. The van der Waals surface area contributed by atoms with E-state index in [0.717, 1.165) is 59.3 Å². The van der Waals surface area contributed by atoms with Gasteiger partial charge >= 0.3 is 0 Å². The van der Waals surface area contributed by atoms with E-state index in [1.165, 1.54) is 11.1 Å². The van der Waals surface area contributed by atoms with Crippen LogP contribution in [0.1, 0.15) is 45.5 Å². The predicted octanol–water partition coefficient (Wildman–Crippen LogP) is 6.19. The summed E-state index contributed by atoms with van der Waals surface area (Å²) in [4.78, 5) is 2.32. The Morgan fingerprint density at radius 3 is 2.47 bits per heavy atom. The lowest BCUT2D eigenvalue weighted by atomic mass is 9.85. The van der Waals surface area contributed by atoms with Crippen LogP contribution < -0.4 is 24.3 Å². The summed E-state index contributed by atoms with van der Waals surface area (Å²) >= 11 is 0. The number of rotatable bonds is 2. The van der Waals surface area contributed by atoms with E-state index >= 15 is 0 Å². The zero-order valence-electron chi connectivity index (χ0n) is 24.5. The van der Waals surface area contributed by atoms with Crippen molar-refractivity contribution < 1.29 is 29.2 Å². The minimum atomic E-state index is -0.0849. The van der Waals surface area contributed by atoms with Crippen molar-refractivity contribution in [3.63, 3.8) is 0 Å². The van der Waals surface area contributed by atoms with Crippen LogP contribution in [0, 0.1) is 0 Å². The highest BCUT2D eigenvalue weighted by atomic mass is 16.6. The lowest BCUT2D eigenvalue weighted by Crippen LogP contribution is -2.34. The molecular formula is C35H34N2O6. The smallest absolute Gasteiger partial charge is 0.215 e. The molecule has 220 valence electrons. The van der Waals surface area contributed by atoms with Gasteiger partial charge in [-0.15, -0.1) is 0 Å². The molecule has 0 radical (unpaired) electrons. The van der Waals surface area contributed by atoms with Crippen LogP contribution in [-0.2, 0) is 25.7 Å². The number of fused-ring (bicyclic) bond motifs is 5. The van der Waals surface area contributed by atoms with Gasteiger partial charge in [-0.2, -0.15) is 0 Å². The molecule has 0 aliphatic carbocycles. The van der Waals surface area contributed by atoms with Crippen molar-refractivity contribution in [1.29, 1.82) is 0 Å². The summed E-state index contributed by atoms with van der Waals surface area (Å²) < 4.78 is 24.8. The maximum absolute atomic E-state index is 11.4. The number of likely N-dealkylation sites (N-methyl/N-ethyl adjacent to an activating group) is 1. The zero-order chi connectivity index (χ0) is 29.4. The Hall–Kier alpha value is -4.40. The monoisotopic (exact) mass is 578 g/mol. The highest BCUT2D eigenvalue weighted by Gasteiger charge is 2.39. The topological polar surface area (TPSA) is 92.7 Å². The first-order valence-electron chi connectivity index (χ1n) is 14.8. The Bertz CT molecular complexity index is 1800. The van der Waals surface area contributed by atoms with Crippen molar-refractivity contribution >= 4 is 0 Å². The van der Waals surface area contributed by atoms with Crippen molar-refractivity contribution in [2.75, 3.05) is 34.4 Å². The normalized spacial score (nSPS) is 19.8. The zero-order valence-corrected chi connectivity index (χ0v) is 24.5. The molecule has 4 aromatic rings. The second kappa shape index (κ2) is 9.82. The molecule has 4 heterocycles. The Balaban J connectivity index is 1.41. The summed E-state index contributed by atoms with van der Waals surface area (Å²) in [5.74, 6) is 3.41. The molecule has 0 saturated heterocycles. The molecule has 0 fully saturated rings. The average molecular weight is 579 g/mol. The van der Waals surface area contributed by atoms with Crippen LogP contribution in [-0.4, -0.2) is 49.5 Å². The fraction of sp³-hybridized carbons (Fsp3) is 0.314. The predicted molar refractivity (Wildman–Crippen MR) is 162 cm³/mol. The van der Waals surface area contributed by atoms with Gasteiger partial charge in [-0.1, -0.05) is 12.1 Å². The molecular weight excluding hydrogens is 544 g/mol.